The van der Waals surface area contributed by atoms with Gasteiger partial charge in [-0.3, -0.25) is 0 Å². The molecule has 3 heteroatoms. The fourth-order valence-corrected chi connectivity index (χ4v) is 2.63. The van der Waals surface area contributed by atoms with E-state index in [0.29, 0.717) is 11.3 Å². The first-order valence-corrected chi connectivity index (χ1v) is 7.75. The van der Waals surface area contributed by atoms with Gasteiger partial charge in [-0.15, -0.1) is 0 Å². The van der Waals surface area contributed by atoms with Gasteiger partial charge in [-0.2, -0.15) is 0 Å². The van der Waals surface area contributed by atoms with Crippen LogP contribution in [0.25, 0.3) is 0 Å². The second-order valence-corrected chi connectivity index (χ2v) is 5.60. The van der Waals surface area contributed by atoms with Crippen LogP contribution >= 0.6 is 0 Å². The summed E-state index contributed by atoms with van der Waals surface area (Å²) in [6.07, 6.45) is -0.295. The maximum absolute atomic E-state index is 11.3. The second kappa shape index (κ2) is 7.01. The molecule has 24 heavy (non-hydrogen) atoms. The van der Waals surface area contributed by atoms with Gasteiger partial charge in [-0.05, 0) is 35.7 Å². The van der Waals surface area contributed by atoms with Gasteiger partial charge in [0.25, 0.3) is 0 Å². The molecule has 3 rings (SSSR count). The molecule has 0 heterocycles. The van der Waals surface area contributed by atoms with Crippen LogP contribution in [0.15, 0.2) is 78.9 Å². The normalized spacial score (nSPS) is 10.6. The first-order chi connectivity index (χ1) is 11.6. The third-order valence-corrected chi connectivity index (χ3v) is 3.90. The third-order valence-electron chi connectivity index (χ3n) is 3.90. The molecule has 0 unspecified atom stereocenters. The molecule has 0 aliphatic rings. The first-order valence-electron chi connectivity index (χ1n) is 7.75. The Morgan fingerprint density at radius 1 is 0.875 bits per heavy atom. The SMILES string of the molecule is Cc1ccc(OC(c2ccccc2)c2ccccc2)cc1C(=O)O. The maximum atomic E-state index is 11.3. The first kappa shape index (κ1) is 15.8. The summed E-state index contributed by atoms with van der Waals surface area (Å²) in [5, 5.41) is 9.30. The number of ether oxygens (including phenoxy) is 1. The minimum atomic E-state index is -0.950. The van der Waals surface area contributed by atoms with Gasteiger partial charge in [0.05, 0.1) is 5.56 Å². The summed E-state index contributed by atoms with van der Waals surface area (Å²) in [6.45, 7) is 1.78. The lowest BCUT2D eigenvalue weighted by Gasteiger charge is -2.20. The molecule has 0 saturated carbocycles. The predicted octanol–water partition coefficient (Wildman–Crippen LogP) is 4.86. The topological polar surface area (TPSA) is 46.5 Å². The number of carbonyl (C=O) groups is 1. The molecule has 3 nitrogen and oxygen atoms in total. The Morgan fingerprint density at radius 3 is 1.92 bits per heavy atom. The van der Waals surface area contributed by atoms with E-state index in [-0.39, 0.29) is 11.7 Å². The molecule has 0 atom stereocenters. The summed E-state index contributed by atoms with van der Waals surface area (Å²) in [5.74, 6) is -0.412. The molecule has 3 aromatic rings. The van der Waals surface area contributed by atoms with E-state index in [9.17, 15) is 9.90 Å². The van der Waals surface area contributed by atoms with Gasteiger partial charge in [0.15, 0.2) is 0 Å². The minimum Gasteiger partial charge on any atom is -0.481 e. The van der Waals surface area contributed by atoms with E-state index in [2.05, 4.69) is 0 Å². The zero-order valence-corrected chi connectivity index (χ0v) is 13.3. The molecular formula is C21H18O3. The average Bonchev–Trinajstić information content (AvgIpc) is 2.62. The summed E-state index contributed by atoms with van der Waals surface area (Å²) < 4.78 is 6.17. The lowest BCUT2D eigenvalue weighted by atomic mass is 10.0. The van der Waals surface area contributed by atoms with Crippen LogP contribution in [0.4, 0.5) is 0 Å². The van der Waals surface area contributed by atoms with Crippen LogP contribution in [0.2, 0.25) is 0 Å². The number of carboxylic acids is 1. The van der Waals surface area contributed by atoms with E-state index in [0.717, 1.165) is 11.1 Å². The Kier molecular flexibility index (Phi) is 4.62. The van der Waals surface area contributed by atoms with Crippen LogP contribution in [0.5, 0.6) is 5.75 Å². The molecule has 0 amide bonds. The Labute approximate surface area is 141 Å². The summed E-state index contributed by atoms with van der Waals surface area (Å²) in [6, 6.07) is 24.9. The highest BCUT2D eigenvalue weighted by Gasteiger charge is 2.17. The van der Waals surface area contributed by atoms with Gasteiger partial charge < -0.3 is 9.84 Å². The van der Waals surface area contributed by atoms with Crippen LogP contribution in [0, 0.1) is 6.92 Å². The maximum Gasteiger partial charge on any atom is 0.336 e. The van der Waals surface area contributed by atoms with Gasteiger partial charge in [-0.25, -0.2) is 4.79 Å². The number of hydrogen-bond acceptors (Lipinski definition) is 2. The van der Waals surface area contributed by atoms with Crippen molar-refractivity contribution in [2.45, 2.75) is 13.0 Å². The van der Waals surface area contributed by atoms with Gasteiger partial charge >= 0.3 is 5.97 Å². The van der Waals surface area contributed by atoms with Gasteiger partial charge in [0, 0.05) is 0 Å². The Balaban J connectivity index is 1.99. The predicted molar refractivity (Wildman–Crippen MR) is 93.5 cm³/mol. The highest BCUT2D eigenvalue weighted by atomic mass is 16.5. The number of benzene rings is 3. The van der Waals surface area contributed by atoms with E-state index in [1.807, 2.05) is 60.7 Å². The largest absolute Gasteiger partial charge is 0.481 e. The molecular weight excluding hydrogens is 300 g/mol. The van der Waals surface area contributed by atoms with Gasteiger partial charge in [0.2, 0.25) is 0 Å². The molecule has 3 aromatic carbocycles. The second-order valence-electron chi connectivity index (χ2n) is 5.60. The molecule has 0 aliphatic heterocycles. The van der Waals surface area contributed by atoms with E-state index in [4.69, 9.17) is 4.74 Å². The van der Waals surface area contributed by atoms with Crippen molar-refractivity contribution < 1.29 is 14.6 Å². The molecule has 0 radical (unpaired) electrons. The van der Waals surface area contributed by atoms with E-state index in [1.165, 1.54) is 0 Å². The fraction of sp³-hybridized carbons (Fsp3) is 0.0952. The van der Waals surface area contributed by atoms with Gasteiger partial charge in [-0.1, -0.05) is 66.7 Å². The third kappa shape index (κ3) is 3.46. The summed E-state index contributed by atoms with van der Waals surface area (Å²) >= 11 is 0. The van der Waals surface area contributed by atoms with Crippen molar-refractivity contribution in [3.63, 3.8) is 0 Å². The molecule has 0 saturated heterocycles. The monoisotopic (exact) mass is 318 g/mol. The number of hydrogen-bond donors (Lipinski definition) is 1. The van der Waals surface area contributed by atoms with Crippen LogP contribution in [-0.2, 0) is 0 Å². The molecule has 0 aliphatic carbocycles. The molecule has 0 aromatic heterocycles. The summed E-state index contributed by atoms with van der Waals surface area (Å²) in [5.41, 5.74) is 3.00. The Bertz CT molecular complexity index is 787. The van der Waals surface area contributed by atoms with E-state index < -0.39 is 5.97 Å². The number of rotatable bonds is 5. The number of aromatic carboxylic acids is 1. The molecule has 0 spiro atoms. The minimum absolute atomic E-state index is 0.257. The smallest absolute Gasteiger partial charge is 0.336 e. The van der Waals surface area contributed by atoms with Gasteiger partial charge in [0.1, 0.15) is 11.9 Å². The van der Waals surface area contributed by atoms with Crippen molar-refractivity contribution >= 4 is 5.97 Å². The zero-order valence-electron chi connectivity index (χ0n) is 13.3. The van der Waals surface area contributed by atoms with Crippen LogP contribution in [0.3, 0.4) is 0 Å². The Morgan fingerprint density at radius 2 is 1.42 bits per heavy atom. The fourth-order valence-electron chi connectivity index (χ4n) is 2.63. The van der Waals surface area contributed by atoms with E-state index >= 15 is 0 Å². The van der Waals surface area contributed by atoms with Crippen molar-refractivity contribution in [1.82, 2.24) is 0 Å². The van der Waals surface area contributed by atoms with Crippen molar-refractivity contribution in [3.8, 4) is 5.75 Å². The molecule has 0 bridgehead atoms. The van der Waals surface area contributed by atoms with Crippen molar-refractivity contribution in [1.29, 1.82) is 0 Å². The lowest BCUT2D eigenvalue weighted by molar-refractivity contribution is 0.0695. The lowest BCUT2D eigenvalue weighted by Crippen LogP contribution is -2.10. The number of carboxylic acid groups (broad SMARTS) is 1. The molecule has 120 valence electrons. The number of aryl methyl sites for hydroxylation is 1. The van der Waals surface area contributed by atoms with E-state index in [1.54, 1.807) is 25.1 Å². The van der Waals surface area contributed by atoms with Crippen LogP contribution in [-0.4, -0.2) is 11.1 Å². The standard InChI is InChI=1S/C21H18O3/c1-15-12-13-18(14-19(15)21(22)23)24-20(16-8-4-2-5-9-16)17-10-6-3-7-11-17/h2-14,20H,1H3,(H,22,23). The molecule has 0 fully saturated rings. The average molecular weight is 318 g/mol. The summed E-state index contributed by atoms with van der Waals surface area (Å²) in [4.78, 5) is 11.3. The van der Waals surface area contributed by atoms with Crippen molar-refractivity contribution in [3.05, 3.63) is 101 Å². The summed E-state index contributed by atoms with van der Waals surface area (Å²) in [7, 11) is 0. The highest BCUT2D eigenvalue weighted by Crippen LogP contribution is 2.29. The Hall–Kier alpha value is -3.07. The quantitative estimate of drug-likeness (QED) is 0.730. The van der Waals surface area contributed by atoms with Crippen molar-refractivity contribution in [2.75, 3.05) is 0 Å². The zero-order chi connectivity index (χ0) is 16.9. The molecule has 1 N–H and O–H groups in total. The van der Waals surface area contributed by atoms with Crippen LogP contribution in [0.1, 0.15) is 33.2 Å². The van der Waals surface area contributed by atoms with Crippen LogP contribution < -0.4 is 4.74 Å². The van der Waals surface area contributed by atoms with Crippen molar-refractivity contribution in [2.24, 2.45) is 0 Å². The highest BCUT2D eigenvalue weighted by molar-refractivity contribution is 5.89.